The maximum Gasteiger partial charge on any atom is 0.349 e. The molecule has 1 N–H and O–H groups in total. The molecule has 7 heteroatoms. The first-order valence-corrected chi connectivity index (χ1v) is 9.91. The van der Waals surface area contributed by atoms with Crippen LogP contribution >= 0.6 is 0 Å². The van der Waals surface area contributed by atoms with E-state index >= 15 is 0 Å². The molecule has 1 aromatic heterocycles. The molecule has 1 heterocycles. The molecule has 0 saturated heterocycles. The summed E-state index contributed by atoms with van der Waals surface area (Å²) in [6, 6.07) is 13.3. The van der Waals surface area contributed by atoms with Crippen molar-refractivity contribution in [1.29, 1.82) is 0 Å². The number of carbonyl (C=O) groups is 2. The van der Waals surface area contributed by atoms with Gasteiger partial charge in [-0.25, -0.2) is 9.59 Å². The number of ether oxygens (including phenoxy) is 2. The van der Waals surface area contributed by atoms with Crippen molar-refractivity contribution in [1.82, 2.24) is 5.32 Å². The maximum absolute atomic E-state index is 12.2. The summed E-state index contributed by atoms with van der Waals surface area (Å²) in [5.74, 6) is -0.223. The molecule has 0 fully saturated rings. The largest absolute Gasteiger partial charge is 0.496 e. The third-order valence-electron chi connectivity index (χ3n) is 4.52. The van der Waals surface area contributed by atoms with Crippen molar-refractivity contribution in [2.45, 2.75) is 19.8 Å². The minimum absolute atomic E-state index is 0.0620. The van der Waals surface area contributed by atoms with E-state index < -0.39 is 17.5 Å². The van der Waals surface area contributed by atoms with Gasteiger partial charge >= 0.3 is 11.6 Å². The number of benzene rings is 2. The van der Waals surface area contributed by atoms with Crippen LogP contribution in [0.3, 0.4) is 0 Å². The molecule has 0 atom stereocenters. The maximum atomic E-state index is 12.2. The van der Waals surface area contributed by atoms with Gasteiger partial charge in [0.15, 0.2) is 0 Å². The van der Waals surface area contributed by atoms with Crippen LogP contribution in [0, 0.1) is 0 Å². The van der Waals surface area contributed by atoms with E-state index in [0.717, 1.165) is 18.4 Å². The van der Waals surface area contributed by atoms with Crippen LogP contribution in [0.25, 0.3) is 17.0 Å². The SMILES string of the molecule is CCCCNC(=O)c1cc2ccc(OC(=O)/C=C/c3ccccc3OC)cc2oc1=O. The summed E-state index contributed by atoms with van der Waals surface area (Å²) >= 11 is 0. The number of rotatable bonds is 8. The summed E-state index contributed by atoms with van der Waals surface area (Å²) in [7, 11) is 1.55. The van der Waals surface area contributed by atoms with Crippen molar-refractivity contribution in [3.05, 3.63) is 76.2 Å². The van der Waals surface area contributed by atoms with Crippen LogP contribution in [0.5, 0.6) is 11.5 Å². The highest BCUT2D eigenvalue weighted by Crippen LogP contribution is 2.22. The first-order valence-electron chi connectivity index (χ1n) is 9.91. The molecule has 160 valence electrons. The van der Waals surface area contributed by atoms with Gasteiger partial charge in [0, 0.05) is 29.6 Å². The van der Waals surface area contributed by atoms with Crippen molar-refractivity contribution < 1.29 is 23.5 Å². The number of esters is 1. The van der Waals surface area contributed by atoms with Crippen LogP contribution in [0.1, 0.15) is 35.7 Å². The number of hydrogen-bond donors (Lipinski definition) is 1. The first-order chi connectivity index (χ1) is 15.0. The number of hydrogen-bond acceptors (Lipinski definition) is 6. The van der Waals surface area contributed by atoms with E-state index in [1.807, 2.05) is 25.1 Å². The lowest BCUT2D eigenvalue weighted by Crippen LogP contribution is -2.28. The number of fused-ring (bicyclic) bond motifs is 1. The van der Waals surface area contributed by atoms with Crippen molar-refractivity contribution in [2.75, 3.05) is 13.7 Å². The van der Waals surface area contributed by atoms with Gasteiger partial charge in [0.05, 0.1) is 7.11 Å². The van der Waals surface area contributed by atoms with Gasteiger partial charge in [-0.05, 0) is 36.8 Å². The summed E-state index contributed by atoms with van der Waals surface area (Å²) in [6.07, 6.45) is 4.63. The Bertz CT molecular complexity index is 1180. The number of nitrogens with one attached hydrogen (secondary N) is 1. The molecular weight excluding hydrogens is 398 g/mol. The van der Waals surface area contributed by atoms with E-state index in [9.17, 15) is 14.4 Å². The standard InChI is InChI=1S/C24H23NO6/c1-3-4-13-25-23(27)19-14-17-9-11-18(15-21(17)31-24(19)28)30-22(26)12-10-16-7-5-6-8-20(16)29-2/h5-12,14-15H,3-4,13H2,1-2H3,(H,25,27)/b12-10+. The average molecular weight is 421 g/mol. The predicted octanol–water partition coefficient (Wildman–Crippen LogP) is 3.95. The first kappa shape index (κ1) is 21.8. The molecular formula is C24H23NO6. The van der Waals surface area contributed by atoms with Gasteiger partial charge < -0.3 is 19.2 Å². The van der Waals surface area contributed by atoms with E-state index in [1.165, 1.54) is 18.2 Å². The summed E-state index contributed by atoms with van der Waals surface area (Å²) in [5, 5.41) is 3.24. The smallest absolute Gasteiger partial charge is 0.349 e. The lowest BCUT2D eigenvalue weighted by Gasteiger charge is -2.06. The van der Waals surface area contributed by atoms with Gasteiger partial charge in [-0.1, -0.05) is 31.5 Å². The van der Waals surface area contributed by atoms with Gasteiger partial charge in [0.1, 0.15) is 22.6 Å². The predicted molar refractivity (Wildman–Crippen MR) is 117 cm³/mol. The molecule has 7 nitrogen and oxygen atoms in total. The van der Waals surface area contributed by atoms with E-state index in [0.29, 0.717) is 17.7 Å². The molecule has 0 radical (unpaired) electrons. The zero-order chi connectivity index (χ0) is 22.2. The van der Waals surface area contributed by atoms with Crippen LogP contribution in [-0.2, 0) is 4.79 Å². The lowest BCUT2D eigenvalue weighted by atomic mass is 10.1. The minimum Gasteiger partial charge on any atom is -0.496 e. The van der Waals surface area contributed by atoms with Crippen LogP contribution in [0.2, 0.25) is 0 Å². The molecule has 0 unspecified atom stereocenters. The monoisotopic (exact) mass is 421 g/mol. The molecule has 0 bridgehead atoms. The van der Waals surface area contributed by atoms with Crippen molar-refractivity contribution in [3.8, 4) is 11.5 Å². The molecule has 0 aliphatic heterocycles. The fourth-order valence-corrected chi connectivity index (χ4v) is 2.90. The molecule has 0 spiro atoms. The molecule has 1 amide bonds. The number of unbranched alkanes of at least 4 members (excludes halogenated alkanes) is 1. The van der Waals surface area contributed by atoms with Crippen molar-refractivity contribution in [3.63, 3.8) is 0 Å². The van der Waals surface area contributed by atoms with E-state index in [2.05, 4.69) is 5.32 Å². The Kier molecular flexibility index (Phi) is 7.22. The lowest BCUT2D eigenvalue weighted by molar-refractivity contribution is -0.128. The molecule has 3 aromatic rings. The normalized spacial score (nSPS) is 10.9. The van der Waals surface area contributed by atoms with E-state index in [4.69, 9.17) is 13.9 Å². The highest BCUT2D eigenvalue weighted by Gasteiger charge is 2.14. The highest BCUT2D eigenvalue weighted by molar-refractivity contribution is 5.97. The molecule has 31 heavy (non-hydrogen) atoms. The zero-order valence-electron chi connectivity index (χ0n) is 17.3. The topological polar surface area (TPSA) is 94.8 Å². The second kappa shape index (κ2) is 10.2. The van der Waals surface area contributed by atoms with Crippen LogP contribution in [0.15, 0.2) is 63.8 Å². The van der Waals surface area contributed by atoms with Crippen LogP contribution in [-0.4, -0.2) is 25.5 Å². The summed E-state index contributed by atoms with van der Waals surface area (Å²) in [4.78, 5) is 36.5. The Morgan fingerprint density at radius 3 is 2.71 bits per heavy atom. The number of amides is 1. The van der Waals surface area contributed by atoms with Crippen LogP contribution in [0.4, 0.5) is 0 Å². The Morgan fingerprint density at radius 2 is 1.94 bits per heavy atom. The zero-order valence-corrected chi connectivity index (χ0v) is 17.3. The van der Waals surface area contributed by atoms with E-state index in [-0.39, 0.29) is 16.9 Å². The Morgan fingerprint density at radius 1 is 1.13 bits per heavy atom. The fourth-order valence-electron chi connectivity index (χ4n) is 2.90. The molecule has 0 saturated carbocycles. The Labute approximate surface area is 179 Å². The summed E-state index contributed by atoms with van der Waals surface area (Å²) in [6.45, 7) is 2.50. The number of para-hydroxylation sites is 1. The average Bonchev–Trinajstić information content (AvgIpc) is 2.77. The second-order valence-electron chi connectivity index (χ2n) is 6.75. The molecule has 2 aromatic carbocycles. The van der Waals surface area contributed by atoms with Gasteiger partial charge in [0.25, 0.3) is 5.91 Å². The molecule has 3 rings (SSSR count). The quantitative estimate of drug-likeness (QED) is 0.195. The van der Waals surface area contributed by atoms with Crippen molar-refractivity contribution >= 4 is 28.9 Å². The third-order valence-corrected chi connectivity index (χ3v) is 4.52. The minimum atomic E-state index is -0.749. The molecule has 0 aliphatic carbocycles. The Balaban J connectivity index is 1.74. The van der Waals surface area contributed by atoms with Crippen LogP contribution < -0.4 is 20.4 Å². The van der Waals surface area contributed by atoms with Gasteiger partial charge in [-0.3, -0.25) is 4.79 Å². The Hall–Kier alpha value is -3.87. The van der Waals surface area contributed by atoms with Gasteiger partial charge in [-0.2, -0.15) is 0 Å². The number of carbonyl (C=O) groups excluding carboxylic acids is 2. The van der Waals surface area contributed by atoms with Crippen molar-refractivity contribution in [2.24, 2.45) is 0 Å². The number of methoxy groups -OCH3 is 1. The summed E-state index contributed by atoms with van der Waals surface area (Å²) < 4.78 is 15.8. The second-order valence-corrected chi connectivity index (χ2v) is 6.75. The molecule has 0 aliphatic rings. The van der Waals surface area contributed by atoms with E-state index in [1.54, 1.807) is 31.4 Å². The highest BCUT2D eigenvalue weighted by atomic mass is 16.5. The van der Waals surface area contributed by atoms with Gasteiger partial charge in [-0.15, -0.1) is 0 Å². The third kappa shape index (κ3) is 5.60. The van der Waals surface area contributed by atoms with Gasteiger partial charge in [0.2, 0.25) is 0 Å². The fraction of sp³-hybridized carbons (Fsp3) is 0.208. The summed E-state index contributed by atoms with van der Waals surface area (Å²) in [5.41, 5.74) is 0.138.